The molecule has 1 aromatic carbocycles. The molecule has 0 N–H and O–H groups in total. The number of benzene rings is 1. The normalized spacial score (nSPS) is 20.2. The molecule has 0 spiro atoms. The van der Waals surface area contributed by atoms with Crippen molar-refractivity contribution >= 4 is 11.1 Å². The lowest BCUT2D eigenvalue weighted by Crippen LogP contribution is -2.44. The molecule has 0 bridgehead atoms. The molecule has 0 amide bonds. The first kappa shape index (κ1) is 12.7. The van der Waals surface area contributed by atoms with Crippen LogP contribution in [0.3, 0.4) is 0 Å². The summed E-state index contributed by atoms with van der Waals surface area (Å²) < 4.78 is 5.35. The van der Waals surface area contributed by atoms with Crippen LogP contribution in [0.15, 0.2) is 29.0 Å². The zero-order valence-corrected chi connectivity index (χ0v) is 12.0. The third-order valence-electron chi connectivity index (χ3n) is 4.89. The molecule has 0 saturated carbocycles. The minimum atomic E-state index is 0.291. The predicted molar refractivity (Wildman–Crippen MR) is 77.3 cm³/mol. The molecule has 1 fully saturated rings. The van der Waals surface area contributed by atoms with Crippen molar-refractivity contribution in [2.24, 2.45) is 5.92 Å². The number of nitrogens with zero attached hydrogens (tertiary/aromatic N) is 2. The highest BCUT2D eigenvalue weighted by atomic mass is 16.3. The summed E-state index contributed by atoms with van der Waals surface area (Å²) in [4.78, 5) is 6.73. The molecule has 0 unspecified atom stereocenters. The van der Waals surface area contributed by atoms with Crippen LogP contribution in [-0.2, 0) is 5.41 Å². The average Bonchev–Trinajstić information content (AvgIpc) is 2.86. The fourth-order valence-electron chi connectivity index (χ4n) is 3.38. The number of hydrogen-bond donors (Lipinski definition) is 0. The second kappa shape index (κ2) is 4.64. The van der Waals surface area contributed by atoms with Gasteiger partial charge in [-0.25, -0.2) is 4.98 Å². The van der Waals surface area contributed by atoms with Crippen molar-refractivity contribution in [2.75, 3.05) is 20.1 Å². The third-order valence-corrected chi connectivity index (χ3v) is 4.89. The van der Waals surface area contributed by atoms with Gasteiger partial charge in [-0.2, -0.15) is 0 Å². The molecular weight excluding hydrogens is 236 g/mol. The smallest absolute Gasteiger partial charge is 0.181 e. The quantitative estimate of drug-likeness (QED) is 0.826. The lowest BCUT2D eigenvalue weighted by atomic mass is 9.65. The highest BCUT2D eigenvalue weighted by Crippen LogP contribution is 2.42. The van der Waals surface area contributed by atoms with E-state index in [-0.39, 0.29) is 0 Å². The summed E-state index contributed by atoms with van der Waals surface area (Å²) in [5, 5.41) is 0. The zero-order chi connectivity index (χ0) is 13.5. The molecule has 1 aliphatic rings. The first-order chi connectivity index (χ1) is 9.12. The molecule has 1 saturated heterocycles. The molecule has 0 radical (unpaired) electrons. The van der Waals surface area contributed by atoms with Crippen LogP contribution >= 0.6 is 0 Å². The summed E-state index contributed by atoms with van der Waals surface area (Å²) in [5.41, 5.74) is 3.59. The summed E-state index contributed by atoms with van der Waals surface area (Å²) >= 11 is 0. The SMILES string of the molecule is CC(C)C1(c2ccc3ocnc3c2)CCN(C)CC1. The Morgan fingerprint density at radius 2 is 2.00 bits per heavy atom. The second-order valence-electron chi connectivity index (χ2n) is 6.15. The Hall–Kier alpha value is -1.35. The van der Waals surface area contributed by atoms with Crippen molar-refractivity contribution in [3.8, 4) is 0 Å². The van der Waals surface area contributed by atoms with Crippen LogP contribution in [0.5, 0.6) is 0 Å². The number of likely N-dealkylation sites (tertiary alicyclic amines) is 1. The summed E-state index contributed by atoms with van der Waals surface area (Å²) in [7, 11) is 2.21. The Bertz CT molecular complexity index is 565. The van der Waals surface area contributed by atoms with E-state index >= 15 is 0 Å². The van der Waals surface area contributed by atoms with E-state index in [4.69, 9.17) is 4.42 Å². The molecule has 19 heavy (non-hydrogen) atoms. The van der Waals surface area contributed by atoms with Crippen molar-refractivity contribution in [2.45, 2.75) is 32.1 Å². The molecule has 102 valence electrons. The van der Waals surface area contributed by atoms with Gasteiger partial charge in [0.05, 0.1) is 0 Å². The molecule has 3 rings (SSSR count). The molecule has 2 aromatic rings. The Labute approximate surface area is 114 Å². The lowest BCUT2D eigenvalue weighted by molar-refractivity contribution is 0.146. The van der Waals surface area contributed by atoms with Crippen molar-refractivity contribution < 1.29 is 4.42 Å². The topological polar surface area (TPSA) is 29.3 Å². The maximum absolute atomic E-state index is 5.35. The second-order valence-corrected chi connectivity index (χ2v) is 6.15. The standard InChI is InChI=1S/C16H22N2O/c1-12(2)16(6-8-18(3)9-7-16)13-4-5-15-14(10-13)17-11-19-15/h4-5,10-12H,6-9H2,1-3H3. The van der Waals surface area contributed by atoms with Crippen LogP contribution in [0.4, 0.5) is 0 Å². The number of aromatic nitrogens is 1. The van der Waals surface area contributed by atoms with Crippen LogP contribution in [0.1, 0.15) is 32.3 Å². The van der Waals surface area contributed by atoms with E-state index in [0.29, 0.717) is 11.3 Å². The van der Waals surface area contributed by atoms with E-state index < -0.39 is 0 Å². The number of hydrogen-bond acceptors (Lipinski definition) is 3. The van der Waals surface area contributed by atoms with Crippen LogP contribution in [0.2, 0.25) is 0 Å². The van der Waals surface area contributed by atoms with Crippen LogP contribution in [0, 0.1) is 5.92 Å². The first-order valence-corrected chi connectivity index (χ1v) is 7.14. The Balaban J connectivity index is 2.03. The van der Waals surface area contributed by atoms with Crippen molar-refractivity contribution in [1.82, 2.24) is 9.88 Å². The molecule has 0 aliphatic carbocycles. The van der Waals surface area contributed by atoms with Gasteiger partial charge in [-0.1, -0.05) is 19.9 Å². The van der Waals surface area contributed by atoms with E-state index in [1.54, 1.807) is 0 Å². The van der Waals surface area contributed by atoms with E-state index in [1.165, 1.54) is 37.9 Å². The maximum atomic E-state index is 5.35. The van der Waals surface area contributed by atoms with Gasteiger partial charge >= 0.3 is 0 Å². The molecule has 2 heterocycles. The van der Waals surface area contributed by atoms with E-state index in [2.05, 4.69) is 49.0 Å². The summed E-state index contributed by atoms with van der Waals surface area (Å²) in [6.45, 7) is 7.04. The van der Waals surface area contributed by atoms with Gasteiger partial charge in [-0.05, 0) is 56.6 Å². The minimum Gasteiger partial charge on any atom is -0.443 e. The molecule has 1 aromatic heterocycles. The van der Waals surface area contributed by atoms with E-state index in [0.717, 1.165) is 11.1 Å². The average molecular weight is 258 g/mol. The van der Waals surface area contributed by atoms with Gasteiger partial charge in [0.2, 0.25) is 0 Å². The Morgan fingerprint density at radius 1 is 1.26 bits per heavy atom. The van der Waals surface area contributed by atoms with Gasteiger partial charge in [0.1, 0.15) is 5.52 Å². The first-order valence-electron chi connectivity index (χ1n) is 7.14. The monoisotopic (exact) mass is 258 g/mol. The molecular formula is C16H22N2O. The predicted octanol–water partition coefficient (Wildman–Crippen LogP) is 3.45. The number of oxazole rings is 1. The summed E-state index contributed by atoms with van der Waals surface area (Å²) in [5.74, 6) is 0.644. The minimum absolute atomic E-state index is 0.291. The number of rotatable bonds is 2. The van der Waals surface area contributed by atoms with Crippen molar-refractivity contribution in [1.29, 1.82) is 0 Å². The fourth-order valence-corrected chi connectivity index (χ4v) is 3.38. The van der Waals surface area contributed by atoms with Crippen molar-refractivity contribution in [3.05, 3.63) is 30.2 Å². The van der Waals surface area contributed by atoms with Gasteiger partial charge in [0, 0.05) is 5.41 Å². The van der Waals surface area contributed by atoms with Gasteiger partial charge in [-0.15, -0.1) is 0 Å². The Kier molecular flexibility index (Phi) is 3.09. The van der Waals surface area contributed by atoms with Gasteiger partial charge in [-0.3, -0.25) is 0 Å². The number of piperidine rings is 1. The highest BCUT2D eigenvalue weighted by Gasteiger charge is 2.38. The molecule has 0 atom stereocenters. The van der Waals surface area contributed by atoms with Crippen LogP contribution < -0.4 is 0 Å². The van der Waals surface area contributed by atoms with Crippen molar-refractivity contribution in [3.63, 3.8) is 0 Å². The fraction of sp³-hybridized carbons (Fsp3) is 0.562. The zero-order valence-electron chi connectivity index (χ0n) is 12.0. The van der Waals surface area contributed by atoms with Gasteiger partial charge in [0.25, 0.3) is 0 Å². The van der Waals surface area contributed by atoms with Gasteiger partial charge < -0.3 is 9.32 Å². The van der Waals surface area contributed by atoms with Crippen LogP contribution in [0.25, 0.3) is 11.1 Å². The lowest BCUT2D eigenvalue weighted by Gasteiger charge is -2.44. The highest BCUT2D eigenvalue weighted by molar-refractivity contribution is 5.73. The summed E-state index contributed by atoms with van der Waals surface area (Å²) in [6, 6.07) is 6.53. The molecule has 3 heteroatoms. The maximum Gasteiger partial charge on any atom is 0.181 e. The largest absolute Gasteiger partial charge is 0.443 e. The van der Waals surface area contributed by atoms with Crippen LogP contribution in [-0.4, -0.2) is 30.0 Å². The van der Waals surface area contributed by atoms with E-state index in [9.17, 15) is 0 Å². The summed E-state index contributed by atoms with van der Waals surface area (Å²) in [6.07, 6.45) is 3.99. The molecule has 3 nitrogen and oxygen atoms in total. The third kappa shape index (κ3) is 2.06. The van der Waals surface area contributed by atoms with Gasteiger partial charge in [0.15, 0.2) is 12.0 Å². The molecule has 1 aliphatic heterocycles. The number of fused-ring (bicyclic) bond motifs is 1. The Morgan fingerprint density at radius 3 is 2.68 bits per heavy atom. The van der Waals surface area contributed by atoms with E-state index in [1.807, 2.05) is 0 Å².